The standard InChI is InChI=1S/C30H47N2O2.HI/c1-4-5-6-7-8-9-10-11-12-13-14-15-23-34-30-20-18-28(19-21-30)25-32(27(2)33)26-29-17-16-22-31(3)24-29;/h16-22,24H,4-15,23,25-26H2,1-3H3;1H/q+1;/p-1. The molecule has 0 saturated carbocycles. The Morgan fingerprint density at radius 2 is 1.34 bits per heavy atom. The van der Waals surface area contributed by atoms with E-state index < -0.39 is 0 Å². The molecule has 0 aliphatic heterocycles. The van der Waals surface area contributed by atoms with Gasteiger partial charge in [-0.05, 0) is 30.2 Å². The second-order valence-electron chi connectivity index (χ2n) is 9.63. The number of hydrogen-bond acceptors (Lipinski definition) is 2. The molecule has 5 heteroatoms. The zero-order valence-electron chi connectivity index (χ0n) is 22.3. The molecule has 0 bridgehead atoms. The quantitative estimate of drug-likeness (QED) is 0.148. The number of benzene rings is 1. The van der Waals surface area contributed by atoms with Crippen LogP contribution >= 0.6 is 0 Å². The maximum Gasteiger partial charge on any atom is 0.220 e. The fourth-order valence-corrected chi connectivity index (χ4v) is 4.29. The third kappa shape index (κ3) is 14.5. The Kier molecular flexibility index (Phi) is 17.5. The number of aryl methyl sites for hydroxylation is 1. The zero-order chi connectivity index (χ0) is 24.4. The van der Waals surface area contributed by atoms with Gasteiger partial charge < -0.3 is 33.6 Å². The van der Waals surface area contributed by atoms with E-state index in [4.69, 9.17) is 4.74 Å². The maximum absolute atomic E-state index is 12.1. The average molecular weight is 595 g/mol. The van der Waals surface area contributed by atoms with E-state index in [-0.39, 0.29) is 29.9 Å². The number of amides is 1. The van der Waals surface area contributed by atoms with Gasteiger partial charge >= 0.3 is 0 Å². The fraction of sp³-hybridized carbons (Fsp3) is 0.600. The molecular formula is C30H47IN2O2. The summed E-state index contributed by atoms with van der Waals surface area (Å²) < 4.78 is 7.94. The predicted octanol–water partition coefficient (Wildman–Crippen LogP) is 4.14. The summed E-state index contributed by atoms with van der Waals surface area (Å²) >= 11 is 0. The normalized spacial score (nSPS) is 10.6. The highest BCUT2D eigenvalue weighted by Crippen LogP contribution is 2.16. The topological polar surface area (TPSA) is 33.4 Å². The van der Waals surface area contributed by atoms with Crippen molar-refractivity contribution < 1.29 is 38.1 Å². The highest BCUT2D eigenvalue weighted by atomic mass is 127. The number of rotatable bonds is 18. The van der Waals surface area contributed by atoms with Gasteiger partial charge in [0.15, 0.2) is 12.4 Å². The van der Waals surface area contributed by atoms with Crippen LogP contribution < -0.4 is 33.3 Å². The van der Waals surface area contributed by atoms with Gasteiger partial charge in [-0.1, -0.05) is 89.7 Å². The minimum Gasteiger partial charge on any atom is -1.00 e. The van der Waals surface area contributed by atoms with E-state index >= 15 is 0 Å². The van der Waals surface area contributed by atoms with Crippen molar-refractivity contribution in [1.29, 1.82) is 0 Å². The Morgan fingerprint density at radius 3 is 1.89 bits per heavy atom. The number of ether oxygens (including phenoxy) is 1. The fourth-order valence-electron chi connectivity index (χ4n) is 4.29. The van der Waals surface area contributed by atoms with Crippen LogP contribution in [0, 0.1) is 0 Å². The van der Waals surface area contributed by atoms with E-state index in [9.17, 15) is 4.79 Å². The zero-order valence-corrected chi connectivity index (χ0v) is 24.5. The SMILES string of the molecule is CCCCCCCCCCCCCCOc1ccc(CN(Cc2ccc[n+](C)c2)C(C)=O)cc1.[I-]. The second kappa shape index (κ2) is 19.5. The lowest BCUT2D eigenvalue weighted by Crippen LogP contribution is -3.00. The summed E-state index contributed by atoms with van der Waals surface area (Å²) in [5.41, 5.74) is 2.25. The van der Waals surface area contributed by atoms with E-state index in [1.165, 1.54) is 70.6 Å². The first-order chi connectivity index (χ1) is 16.6. The van der Waals surface area contributed by atoms with Gasteiger partial charge in [-0.2, -0.15) is 0 Å². The summed E-state index contributed by atoms with van der Waals surface area (Å²) in [5, 5.41) is 0. The van der Waals surface area contributed by atoms with Crippen molar-refractivity contribution in [2.45, 2.75) is 104 Å². The molecule has 1 aromatic carbocycles. The van der Waals surface area contributed by atoms with Gasteiger partial charge in [-0.3, -0.25) is 4.79 Å². The smallest absolute Gasteiger partial charge is 0.220 e. The lowest BCUT2D eigenvalue weighted by atomic mass is 10.1. The van der Waals surface area contributed by atoms with Gasteiger partial charge in [0.2, 0.25) is 5.91 Å². The number of nitrogens with zero attached hydrogens (tertiary/aromatic N) is 2. The molecule has 2 aromatic rings. The van der Waals surface area contributed by atoms with Gasteiger partial charge in [0.1, 0.15) is 12.8 Å². The molecule has 0 unspecified atom stereocenters. The molecule has 0 aliphatic rings. The number of pyridine rings is 1. The van der Waals surface area contributed by atoms with Crippen LogP contribution in [0.4, 0.5) is 0 Å². The average Bonchev–Trinajstić information content (AvgIpc) is 2.82. The Bertz CT molecular complexity index is 810. The third-order valence-corrected chi connectivity index (χ3v) is 6.38. The number of halogens is 1. The molecular weight excluding hydrogens is 547 g/mol. The van der Waals surface area contributed by atoms with Crippen LogP contribution in [-0.2, 0) is 24.9 Å². The summed E-state index contributed by atoms with van der Waals surface area (Å²) in [6.45, 7) is 5.91. The second-order valence-corrected chi connectivity index (χ2v) is 9.63. The summed E-state index contributed by atoms with van der Waals surface area (Å²) in [6.07, 6.45) is 20.3. The molecule has 196 valence electrons. The first kappa shape index (κ1) is 31.4. The maximum atomic E-state index is 12.1. The number of carbonyl (C=O) groups excluding carboxylic acids is 1. The molecule has 0 aliphatic carbocycles. The summed E-state index contributed by atoms with van der Waals surface area (Å²) in [6, 6.07) is 12.3. The van der Waals surface area contributed by atoms with Crippen molar-refractivity contribution in [3.05, 3.63) is 59.9 Å². The van der Waals surface area contributed by atoms with Gasteiger partial charge in [-0.15, -0.1) is 0 Å². The predicted molar refractivity (Wildman–Crippen MR) is 141 cm³/mol. The van der Waals surface area contributed by atoms with E-state index in [2.05, 4.69) is 31.3 Å². The summed E-state index contributed by atoms with van der Waals surface area (Å²) in [4.78, 5) is 14.0. The van der Waals surface area contributed by atoms with Crippen LogP contribution in [0.1, 0.15) is 102 Å². The van der Waals surface area contributed by atoms with Crippen molar-refractivity contribution in [1.82, 2.24) is 4.90 Å². The molecule has 1 amide bonds. The number of aromatic nitrogens is 1. The van der Waals surface area contributed by atoms with Gasteiger partial charge in [0.25, 0.3) is 0 Å². The largest absolute Gasteiger partial charge is 1.00 e. The Labute approximate surface area is 231 Å². The number of carbonyl (C=O) groups is 1. The first-order valence-electron chi connectivity index (χ1n) is 13.5. The Balaban J connectivity index is 0.00000612. The summed E-state index contributed by atoms with van der Waals surface area (Å²) in [5.74, 6) is 0.995. The van der Waals surface area contributed by atoms with E-state index in [1.807, 2.05) is 40.9 Å². The molecule has 0 radical (unpaired) electrons. The molecule has 0 N–H and O–H groups in total. The van der Waals surface area contributed by atoms with Crippen molar-refractivity contribution in [3.8, 4) is 5.75 Å². The van der Waals surface area contributed by atoms with Crippen molar-refractivity contribution in [2.75, 3.05) is 6.61 Å². The summed E-state index contributed by atoms with van der Waals surface area (Å²) in [7, 11) is 2.00. The highest BCUT2D eigenvalue weighted by molar-refractivity contribution is 5.73. The van der Waals surface area contributed by atoms with Crippen molar-refractivity contribution in [3.63, 3.8) is 0 Å². The van der Waals surface area contributed by atoms with Gasteiger partial charge in [0, 0.05) is 25.1 Å². The molecule has 0 atom stereocenters. The monoisotopic (exact) mass is 594 g/mol. The minimum atomic E-state index is 0. The van der Waals surface area contributed by atoms with Crippen molar-refractivity contribution >= 4 is 5.91 Å². The third-order valence-electron chi connectivity index (χ3n) is 6.38. The van der Waals surface area contributed by atoms with Gasteiger partial charge in [0.05, 0.1) is 13.2 Å². The lowest BCUT2D eigenvalue weighted by Gasteiger charge is -2.21. The molecule has 35 heavy (non-hydrogen) atoms. The molecule has 2 rings (SSSR count). The van der Waals surface area contributed by atoms with E-state index in [1.54, 1.807) is 6.92 Å². The molecule has 1 heterocycles. The number of hydrogen-bond donors (Lipinski definition) is 0. The van der Waals surface area contributed by atoms with Crippen LogP contribution in [0.5, 0.6) is 5.75 Å². The minimum absolute atomic E-state index is 0. The molecule has 4 nitrogen and oxygen atoms in total. The van der Waals surface area contributed by atoms with Crippen LogP contribution in [0.3, 0.4) is 0 Å². The van der Waals surface area contributed by atoms with Gasteiger partial charge in [-0.25, -0.2) is 4.57 Å². The van der Waals surface area contributed by atoms with Crippen LogP contribution in [0.15, 0.2) is 48.8 Å². The Hall–Kier alpha value is -1.63. The van der Waals surface area contributed by atoms with Crippen LogP contribution in [-0.4, -0.2) is 17.4 Å². The lowest BCUT2D eigenvalue weighted by molar-refractivity contribution is -0.672. The molecule has 0 spiro atoms. The van der Waals surface area contributed by atoms with E-state index in [0.29, 0.717) is 13.1 Å². The first-order valence-corrected chi connectivity index (χ1v) is 13.5. The van der Waals surface area contributed by atoms with E-state index in [0.717, 1.165) is 29.9 Å². The van der Waals surface area contributed by atoms with Crippen LogP contribution in [0.25, 0.3) is 0 Å². The van der Waals surface area contributed by atoms with Crippen LogP contribution in [0.2, 0.25) is 0 Å². The molecule has 0 saturated heterocycles. The number of unbranched alkanes of at least 4 members (excludes halogenated alkanes) is 11. The Morgan fingerprint density at radius 1 is 0.800 bits per heavy atom. The molecule has 0 fully saturated rings. The highest BCUT2D eigenvalue weighted by Gasteiger charge is 2.12. The van der Waals surface area contributed by atoms with Crippen molar-refractivity contribution in [2.24, 2.45) is 7.05 Å². The molecule has 1 aromatic heterocycles.